The van der Waals surface area contributed by atoms with Crippen LogP contribution >= 0.6 is 0 Å². The number of ether oxygens (including phenoxy) is 3. The minimum atomic E-state index is -2.94. The van der Waals surface area contributed by atoms with Gasteiger partial charge in [0.05, 0.1) is 40.4 Å². The number of imidazole rings is 1. The number of nitrogens with one attached hydrogen (secondary N) is 1. The summed E-state index contributed by atoms with van der Waals surface area (Å²) >= 11 is 0. The van der Waals surface area contributed by atoms with E-state index in [1.165, 1.54) is 37.6 Å². The number of pyridine rings is 1. The summed E-state index contributed by atoms with van der Waals surface area (Å²) in [7, 11) is -0.222. The molecular formula is C16H15F2N3O5S. The zero-order chi connectivity index (χ0) is 19.4. The molecule has 27 heavy (non-hydrogen) atoms. The standard InChI is InChI=1S/C16H15F2N3O5S/c1-24-14-12(19-5-4-13(14)25-8-22)7-27(23)16-20-10-3-2-9(26-15(17)18)6-11(10)21-16/h2-6,15,22H,7-8H2,1H3,(H,20,21). The van der Waals surface area contributed by atoms with E-state index in [9.17, 15) is 13.0 Å². The van der Waals surface area contributed by atoms with Crippen molar-refractivity contribution >= 4 is 21.8 Å². The molecule has 0 aliphatic rings. The third-order valence-electron chi connectivity index (χ3n) is 3.51. The van der Waals surface area contributed by atoms with Crippen LogP contribution in [0.2, 0.25) is 0 Å². The van der Waals surface area contributed by atoms with Gasteiger partial charge in [0, 0.05) is 18.3 Å². The lowest BCUT2D eigenvalue weighted by Gasteiger charge is -2.11. The number of halogens is 2. The lowest BCUT2D eigenvalue weighted by molar-refractivity contribution is -0.0497. The summed E-state index contributed by atoms with van der Waals surface area (Å²) in [4.78, 5) is 11.2. The molecule has 0 radical (unpaired) electrons. The minimum absolute atomic E-state index is 0.0318. The average molecular weight is 399 g/mol. The minimum Gasteiger partial charge on any atom is -0.491 e. The van der Waals surface area contributed by atoms with E-state index in [1.54, 1.807) is 0 Å². The Labute approximate surface area is 154 Å². The molecule has 1 atom stereocenters. The van der Waals surface area contributed by atoms with Gasteiger partial charge in [-0.2, -0.15) is 8.78 Å². The molecule has 144 valence electrons. The van der Waals surface area contributed by atoms with Gasteiger partial charge in [0.1, 0.15) is 5.75 Å². The maximum Gasteiger partial charge on any atom is 0.387 e. The van der Waals surface area contributed by atoms with Crippen molar-refractivity contribution in [3.63, 3.8) is 0 Å². The molecule has 0 saturated carbocycles. The number of methoxy groups -OCH3 is 1. The fraction of sp³-hybridized carbons (Fsp3) is 0.250. The predicted molar refractivity (Wildman–Crippen MR) is 91.3 cm³/mol. The van der Waals surface area contributed by atoms with Gasteiger partial charge in [-0.15, -0.1) is 0 Å². The molecule has 0 amide bonds. The molecule has 11 heteroatoms. The van der Waals surface area contributed by atoms with Crippen molar-refractivity contribution in [2.24, 2.45) is 0 Å². The number of hydrogen-bond acceptors (Lipinski definition) is 7. The number of aromatic nitrogens is 3. The molecule has 0 saturated heterocycles. The number of alkyl halides is 2. The third kappa shape index (κ3) is 4.31. The van der Waals surface area contributed by atoms with Crippen molar-refractivity contribution in [2.75, 3.05) is 13.9 Å². The fourth-order valence-electron chi connectivity index (χ4n) is 2.42. The maximum atomic E-state index is 12.7. The van der Waals surface area contributed by atoms with Gasteiger partial charge in [0.2, 0.25) is 0 Å². The number of benzene rings is 1. The Morgan fingerprint density at radius 3 is 2.85 bits per heavy atom. The third-order valence-corrected chi connectivity index (χ3v) is 4.67. The first-order chi connectivity index (χ1) is 13.0. The van der Waals surface area contributed by atoms with Crippen molar-refractivity contribution in [1.29, 1.82) is 0 Å². The Morgan fingerprint density at radius 2 is 2.15 bits per heavy atom. The Balaban J connectivity index is 1.85. The Kier molecular flexibility index (Phi) is 5.81. The molecule has 2 aromatic heterocycles. The summed E-state index contributed by atoms with van der Waals surface area (Å²) in [6.07, 6.45) is 1.44. The number of H-pyrrole nitrogens is 1. The Bertz CT molecular complexity index is 966. The molecule has 3 aromatic rings. The number of aliphatic hydroxyl groups excluding tert-OH is 1. The van der Waals surface area contributed by atoms with Gasteiger partial charge in [0.15, 0.2) is 23.4 Å². The van der Waals surface area contributed by atoms with Gasteiger partial charge in [-0.25, -0.2) is 4.98 Å². The second-order valence-electron chi connectivity index (χ2n) is 5.15. The first-order valence-corrected chi connectivity index (χ1v) is 8.92. The molecule has 0 aliphatic carbocycles. The van der Waals surface area contributed by atoms with Crippen molar-refractivity contribution in [3.8, 4) is 17.2 Å². The van der Waals surface area contributed by atoms with Gasteiger partial charge < -0.3 is 24.3 Å². The summed E-state index contributed by atoms with van der Waals surface area (Å²) < 4.78 is 51.9. The predicted octanol–water partition coefficient (Wildman–Crippen LogP) is 2.20. The molecule has 8 nitrogen and oxygen atoms in total. The number of fused-ring (bicyclic) bond motifs is 1. The zero-order valence-corrected chi connectivity index (χ0v) is 14.8. The van der Waals surface area contributed by atoms with Gasteiger partial charge in [-0.05, 0) is 12.1 Å². The highest BCUT2D eigenvalue weighted by Crippen LogP contribution is 2.31. The molecule has 0 spiro atoms. The number of rotatable bonds is 8. The largest absolute Gasteiger partial charge is 0.491 e. The monoisotopic (exact) mass is 399 g/mol. The first kappa shape index (κ1) is 19.0. The van der Waals surface area contributed by atoms with E-state index < -0.39 is 24.2 Å². The van der Waals surface area contributed by atoms with Crippen LogP contribution in [0.4, 0.5) is 8.78 Å². The Morgan fingerprint density at radius 1 is 1.33 bits per heavy atom. The molecule has 3 rings (SSSR count). The summed E-state index contributed by atoms with van der Waals surface area (Å²) in [5.74, 6) is 0.450. The number of aromatic amines is 1. The fourth-order valence-corrected chi connectivity index (χ4v) is 3.43. The quantitative estimate of drug-likeness (QED) is 0.559. The van der Waals surface area contributed by atoms with E-state index >= 15 is 0 Å². The van der Waals surface area contributed by atoms with Gasteiger partial charge in [-0.3, -0.25) is 9.19 Å². The summed E-state index contributed by atoms with van der Waals surface area (Å²) in [6.45, 7) is -3.49. The van der Waals surface area contributed by atoms with E-state index in [2.05, 4.69) is 19.7 Å². The first-order valence-electron chi connectivity index (χ1n) is 7.60. The van der Waals surface area contributed by atoms with E-state index in [0.29, 0.717) is 16.7 Å². The highest BCUT2D eigenvalue weighted by Gasteiger charge is 2.18. The van der Waals surface area contributed by atoms with Crippen LogP contribution in [-0.2, 0) is 16.6 Å². The summed E-state index contributed by atoms with van der Waals surface area (Å²) in [5.41, 5.74) is 1.22. The van der Waals surface area contributed by atoms with Crippen LogP contribution in [0.1, 0.15) is 5.69 Å². The van der Waals surface area contributed by atoms with Crippen LogP contribution in [0.15, 0.2) is 35.6 Å². The number of nitrogens with zero attached hydrogens (tertiary/aromatic N) is 2. The second-order valence-corrected chi connectivity index (χ2v) is 6.52. The molecule has 0 aliphatic heterocycles. The van der Waals surface area contributed by atoms with Crippen LogP contribution in [0.25, 0.3) is 11.0 Å². The van der Waals surface area contributed by atoms with Crippen molar-refractivity contribution in [3.05, 3.63) is 36.2 Å². The van der Waals surface area contributed by atoms with Gasteiger partial charge in [0.25, 0.3) is 0 Å². The van der Waals surface area contributed by atoms with Crippen LogP contribution in [0.3, 0.4) is 0 Å². The lowest BCUT2D eigenvalue weighted by atomic mass is 10.3. The van der Waals surface area contributed by atoms with Crippen LogP contribution in [-0.4, -0.2) is 44.8 Å². The van der Waals surface area contributed by atoms with E-state index in [1.807, 2.05) is 0 Å². The number of aliphatic hydroxyl groups is 1. The molecule has 0 fully saturated rings. The van der Waals surface area contributed by atoms with E-state index in [4.69, 9.17) is 14.6 Å². The van der Waals surface area contributed by atoms with Gasteiger partial charge >= 0.3 is 6.61 Å². The van der Waals surface area contributed by atoms with Crippen LogP contribution in [0, 0.1) is 0 Å². The van der Waals surface area contributed by atoms with Crippen molar-refractivity contribution in [2.45, 2.75) is 17.5 Å². The van der Waals surface area contributed by atoms with Crippen molar-refractivity contribution in [1.82, 2.24) is 15.0 Å². The Hall–Kier alpha value is -2.79. The molecule has 1 unspecified atom stereocenters. The molecule has 0 bridgehead atoms. The SMILES string of the molecule is COc1c(OCO)ccnc1CS(=O)c1nc2ccc(OC(F)F)cc2[nH]1. The van der Waals surface area contributed by atoms with E-state index in [0.717, 1.165) is 0 Å². The van der Waals surface area contributed by atoms with Crippen molar-refractivity contribution < 1.29 is 32.3 Å². The maximum absolute atomic E-state index is 12.7. The smallest absolute Gasteiger partial charge is 0.387 e. The highest BCUT2D eigenvalue weighted by molar-refractivity contribution is 7.84. The summed E-state index contributed by atoms with van der Waals surface area (Å²) in [5, 5.41) is 9.07. The van der Waals surface area contributed by atoms with Crippen LogP contribution in [0.5, 0.6) is 17.2 Å². The van der Waals surface area contributed by atoms with E-state index in [-0.39, 0.29) is 28.2 Å². The molecule has 2 heterocycles. The van der Waals surface area contributed by atoms with Gasteiger partial charge in [-0.1, -0.05) is 0 Å². The zero-order valence-electron chi connectivity index (χ0n) is 14.0. The van der Waals surface area contributed by atoms with Crippen LogP contribution < -0.4 is 14.2 Å². The second kappa shape index (κ2) is 8.27. The normalized spacial score (nSPS) is 12.3. The highest BCUT2D eigenvalue weighted by atomic mass is 32.2. The average Bonchev–Trinajstić information content (AvgIpc) is 3.05. The molecule has 2 N–H and O–H groups in total. The number of hydrogen-bond donors (Lipinski definition) is 2. The molecular weight excluding hydrogens is 384 g/mol. The lowest BCUT2D eigenvalue weighted by Crippen LogP contribution is -2.05. The topological polar surface area (TPSA) is 107 Å². The summed E-state index contributed by atoms with van der Waals surface area (Å²) in [6, 6.07) is 5.69. The molecule has 1 aromatic carbocycles.